The van der Waals surface area contributed by atoms with E-state index in [1.165, 1.54) is 7.11 Å². The molecule has 2 rings (SSSR count). The number of ether oxygens (including phenoxy) is 3. The van der Waals surface area contributed by atoms with Gasteiger partial charge in [0, 0.05) is 11.4 Å². The molecule has 0 spiro atoms. The maximum Gasteiger partial charge on any atom is 0.337 e. The van der Waals surface area contributed by atoms with Gasteiger partial charge in [-0.15, -0.1) is 0 Å². The lowest BCUT2D eigenvalue weighted by Gasteiger charge is -2.25. The Kier molecular flexibility index (Phi) is 5.25. The second kappa shape index (κ2) is 6.77. The van der Waals surface area contributed by atoms with Gasteiger partial charge in [0.05, 0.1) is 7.11 Å². The van der Waals surface area contributed by atoms with Gasteiger partial charge in [-0.05, 0) is 24.5 Å². The minimum Gasteiger partial charge on any atom is -0.467 e. The Balaban J connectivity index is 2.22. The monoisotopic (exact) mass is 312 g/mol. The molecule has 2 atom stereocenters. The topological polar surface area (TPSA) is 44.8 Å². The van der Waals surface area contributed by atoms with Crippen LogP contribution in [0.15, 0.2) is 24.3 Å². The molecule has 1 aromatic rings. The number of esters is 1. The molecule has 1 fully saturated rings. The number of methoxy groups -OCH3 is 1. The number of rotatable bonds is 5. The standard InChI is InChI=1S/C16H21ClO4/c1-4-16(5-2)20-13(14(21-16)15(18)19-3)10-11-8-6-7-9-12(11)17/h6-9,13-14H,4-5,10H2,1-3H3/t13-,14+/m1/s1. The fraction of sp³-hybridized carbons (Fsp3) is 0.562. The summed E-state index contributed by atoms with van der Waals surface area (Å²) in [6.07, 6.45) is 0.760. The van der Waals surface area contributed by atoms with E-state index in [1.54, 1.807) is 0 Å². The molecular formula is C16H21ClO4. The molecule has 1 heterocycles. The molecule has 0 amide bonds. The Morgan fingerprint density at radius 2 is 1.95 bits per heavy atom. The van der Waals surface area contributed by atoms with E-state index in [0.29, 0.717) is 24.3 Å². The van der Waals surface area contributed by atoms with E-state index in [4.69, 9.17) is 25.8 Å². The van der Waals surface area contributed by atoms with Crippen LogP contribution in [0.3, 0.4) is 0 Å². The van der Waals surface area contributed by atoms with Gasteiger partial charge in [-0.2, -0.15) is 0 Å². The minimum absolute atomic E-state index is 0.391. The van der Waals surface area contributed by atoms with Crippen molar-refractivity contribution in [1.82, 2.24) is 0 Å². The third-order valence-corrected chi connectivity index (χ3v) is 4.30. The Morgan fingerprint density at radius 1 is 1.29 bits per heavy atom. The summed E-state index contributed by atoms with van der Waals surface area (Å²) < 4.78 is 16.8. The van der Waals surface area contributed by atoms with E-state index in [1.807, 2.05) is 38.1 Å². The van der Waals surface area contributed by atoms with Crippen LogP contribution >= 0.6 is 11.6 Å². The molecule has 1 aliphatic rings. The zero-order valence-electron chi connectivity index (χ0n) is 12.6. The highest BCUT2D eigenvalue weighted by atomic mass is 35.5. The van der Waals surface area contributed by atoms with E-state index < -0.39 is 24.0 Å². The molecule has 0 N–H and O–H groups in total. The maximum atomic E-state index is 12.0. The smallest absolute Gasteiger partial charge is 0.337 e. The van der Waals surface area contributed by atoms with Crippen LogP contribution in [0.2, 0.25) is 5.02 Å². The normalized spacial score (nSPS) is 24.0. The van der Waals surface area contributed by atoms with Crippen molar-refractivity contribution < 1.29 is 19.0 Å². The number of hydrogen-bond donors (Lipinski definition) is 0. The number of hydrogen-bond acceptors (Lipinski definition) is 4. The first-order chi connectivity index (χ1) is 10.0. The van der Waals surface area contributed by atoms with Crippen molar-refractivity contribution >= 4 is 17.6 Å². The third-order valence-electron chi connectivity index (χ3n) is 3.94. The number of benzene rings is 1. The summed E-state index contributed by atoms with van der Waals surface area (Å²) in [5.74, 6) is -1.12. The van der Waals surface area contributed by atoms with Gasteiger partial charge in [0.25, 0.3) is 0 Å². The molecule has 5 heteroatoms. The van der Waals surface area contributed by atoms with Crippen LogP contribution in [0.5, 0.6) is 0 Å². The van der Waals surface area contributed by atoms with Crippen molar-refractivity contribution in [3.05, 3.63) is 34.9 Å². The zero-order chi connectivity index (χ0) is 15.5. The number of carbonyl (C=O) groups excluding carboxylic acids is 1. The van der Waals surface area contributed by atoms with Crippen molar-refractivity contribution in [3.8, 4) is 0 Å². The summed E-state index contributed by atoms with van der Waals surface area (Å²) in [5.41, 5.74) is 0.935. The molecule has 1 saturated heterocycles. The van der Waals surface area contributed by atoms with Crippen molar-refractivity contribution in [2.75, 3.05) is 7.11 Å². The largest absolute Gasteiger partial charge is 0.467 e. The van der Waals surface area contributed by atoms with Crippen LogP contribution in [-0.2, 0) is 25.4 Å². The highest BCUT2D eigenvalue weighted by molar-refractivity contribution is 6.31. The predicted molar refractivity (Wildman–Crippen MR) is 80.2 cm³/mol. The first-order valence-electron chi connectivity index (χ1n) is 7.22. The third kappa shape index (κ3) is 3.39. The van der Waals surface area contributed by atoms with Crippen LogP contribution in [0.4, 0.5) is 0 Å². The average molecular weight is 313 g/mol. The highest BCUT2D eigenvalue weighted by Gasteiger charge is 2.49. The zero-order valence-corrected chi connectivity index (χ0v) is 13.4. The molecule has 1 aromatic carbocycles. The summed E-state index contributed by atoms with van der Waals surface area (Å²) in [7, 11) is 1.36. The van der Waals surface area contributed by atoms with Gasteiger partial charge in [-0.3, -0.25) is 0 Å². The molecule has 0 unspecified atom stereocenters. The lowest BCUT2D eigenvalue weighted by Crippen LogP contribution is -2.34. The van der Waals surface area contributed by atoms with E-state index in [9.17, 15) is 4.79 Å². The summed E-state index contributed by atoms with van der Waals surface area (Å²) in [6, 6.07) is 7.54. The van der Waals surface area contributed by atoms with Crippen molar-refractivity contribution in [3.63, 3.8) is 0 Å². The molecular weight excluding hydrogens is 292 g/mol. The van der Waals surface area contributed by atoms with Crippen LogP contribution < -0.4 is 0 Å². The van der Waals surface area contributed by atoms with Crippen molar-refractivity contribution in [1.29, 1.82) is 0 Å². The molecule has 0 aromatic heterocycles. The second-order valence-electron chi connectivity index (χ2n) is 5.13. The predicted octanol–water partition coefficient (Wildman–Crippen LogP) is 3.36. The molecule has 0 saturated carbocycles. The summed E-state index contributed by atoms with van der Waals surface area (Å²) >= 11 is 6.19. The highest BCUT2D eigenvalue weighted by Crippen LogP contribution is 2.36. The molecule has 0 radical (unpaired) electrons. The van der Waals surface area contributed by atoms with Gasteiger partial charge >= 0.3 is 5.97 Å². The van der Waals surface area contributed by atoms with Gasteiger partial charge in [0.1, 0.15) is 6.10 Å². The quantitative estimate of drug-likeness (QED) is 0.782. The molecule has 116 valence electrons. The molecule has 0 aliphatic carbocycles. The van der Waals surface area contributed by atoms with E-state index in [-0.39, 0.29) is 0 Å². The van der Waals surface area contributed by atoms with Gasteiger partial charge in [-0.1, -0.05) is 43.6 Å². The first-order valence-corrected chi connectivity index (χ1v) is 7.60. The fourth-order valence-corrected chi connectivity index (χ4v) is 2.81. The van der Waals surface area contributed by atoms with Crippen molar-refractivity contribution in [2.45, 2.75) is 51.1 Å². The van der Waals surface area contributed by atoms with Crippen LogP contribution in [-0.4, -0.2) is 31.1 Å². The van der Waals surface area contributed by atoms with Gasteiger partial charge < -0.3 is 14.2 Å². The maximum absolute atomic E-state index is 12.0. The summed E-state index contributed by atoms with van der Waals surface area (Å²) in [6.45, 7) is 3.96. The van der Waals surface area contributed by atoms with Gasteiger partial charge in [0.2, 0.25) is 0 Å². The van der Waals surface area contributed by atoms with Crippen molar-refractivity contribution in [2.24, 2.45) is 0 Å². The lowest BCUT2D eigenvalue weighted by atomic mass is 10.0. The first kappa shape index (κ1) is 16.3. The average Bonchev–Trinajstić information content (AvgIpc) is 2.88. The summed E-state index contributed by atoms with van der Waals surface area (Å²) in [4.78, 5) is 12.0. The number of halogens is 1. The Hall–Kier alpha value is -1.10. The minimum atomic E-state index is -0.717. The van der Waals surface area contributed by atoms with E-state index >= 15 is 0 Å². The molecule has 1 aliphatic heterocycles. The van der Waals surface area contributed by atoms with Gasteiger partial charge in [0.15, 0.2) is 11.9 Å². The Labute approximate surface area is 130 Å². The van der Waals surface area contributed by atoms with Crippen LogP contribution in [0.25, 0.3) is 0 Å². The van der Waals surface area contributed by atoms with Crippen LogP contribution in [0.1, 0.15) is 32.3 Å². The molecule has 4 nitrogen and oxygen atoms in total. The SMILES string of the molecule is CCC1(CC)O[C@H](C(=O)OC)[C@@H](Cc2ccccc2Cl)O1. The van der Waals surface area contributed by atoms with Gasteiger partial charge in [-0.25, -0.2) is 4.79 Å². The van der Waals surface area contributed by atoms with Crippen LogP contribution in [0, 0.1) is 0 Å². The molecule has 0 bridgehead atoms. The Morgan fingerprint density at radius 3 is 2.52 bits per heavy atom. The number of carbonyl (C=O) groups is 1. The lowest BCUT2D eigenvalue weighted by molar-refractivity contribution is -0.187. The van der Waals surface area contributed by atoms with E-state index in [0.717, 1.165) is 5.56 Å². The fourth-order valence-electron chi connectivity index (χ4n) is 2.60. The Bertz CT molecular complexity index is 499. The van der Waals surface area contributed by atoms with E-state index in [2.05, 4.69) is 0 Å². The summed E-state index contributed by atoms with van der Waals surface area (Å²) in [5, 5.41) is 0.662. The second-order valence-corrected chi connectivity index (χ2v) is 5.54. The molecule has 21 heavy (non-hydrogen) atoms.